The third kappa shape index (κ3) is 4.91. The van der Waals surface area contributed by atoms with Gasteiger partial charge in [0.25, 0.3) is 0 Å². The van der Waals surface area contributed by atoms with E-state index in [1.165, 1.54) is 0 Å². The first kappa shape index (κ1) is 24.3. The van der Waals surface area contributed by atoms with E-state index in [1.54, 1.807) is 12.4 Å². The molecule has 6 rings (SSSR count). The highest BCUT2D eigenvalue weighted by atomic mass is 16.5. The molecule has 2 fully saturated rings. The fourth-order valence-corrected chi connectivity index (χ4v) is 4.87. The van der Waals surface area contributed by atoms with Gasteiger partial charge >= 0.3 is 0 Å². The van der Waals surface area contributed by atoms with Crippen molar-refractivity contribution in [2.75, 3.05) is 23.7 Å². The van der Waals surface area contributed by atoms with E-state index in [2.05, 4.69) is 25.9 Å². The zero-order valence-corrected chi connectivity index (χ0v) is 21.8. The number of hydrogen-bond acceptors (Lipinski definition) is 7. The maximum atomic E-state index is 12.8. The van der Waals surface area contributed by atoms with Crippen molar-refractivity contribution < 1.29 is 9.53 Å². The molecule has 2 aliphatic rings. The molecule has 1 aliphatic heterocycles. The maximum absolute atomic E-state index is 12.8. The fourth-order valence-electron chi connectivity index (χ4n) is 4.87. The zero-order chi connectivity index (χ0) is 26.1. The molecule has 1 aliphatic carbocycles. The molecule has 1 saturated carbocycles. The van der Waals surface area contributed by atoms with Gasteiger partial charge in [0, 0.05) is 46.9 Å². The molecule has 2 aromatic heterocycles. The Kier molecular flexibility index (Phi) is 6.41. The second kappa shape index (κ2) is 10.0. The predicted octanol–water partition coefficient (Wildman–Crippen LogP) is 5.70. The largest absolute Gasteiger partial charge is 0.437 e. The summed E-state index contributed by atoms with van der Waals surface area (Å²) in [5.41, 5.74) is 3.02. The Morgan fingerprint density at radius 3 is 2.76 bits per heavy atom. The first-order valence-corrected chi connectivity index (χ1v) is 13.3. The van der Waals surface area contributed by atoms with E-state index >= 15 is 0 Å². The number of aromatic nitrogens is 3. The molecule has 8 nitrogen and oxygen atoms in total. The second-order valence-electron chi connectivity index (χ2n) is 10.5. The summed E-state index contributed by atoms with van der Waals surface area (Å²) in [6.07, 6.45) is 7.55. The Balaban J connectivity index is 1.32. The minimum absolute atomic E-state index is 0.0669. The summed E-state index contributed by atoms with van der Waals surface area (Å²) < 4.78 is 6.52. The van der Waals surface area contributed by atoms with Crippen LogP contribution in [0, 0.1) is 12.3 Å². The normalized spacial score (nSPS) is 18.1. The minimum Gasteiger partial charge on any atom is -0.437 e. The quantitative estimate of drug-likeness (QED) is 0.295. The summed E-state index contributed by atoms with van der Waals surface area (Å²) in [5, 5.41) is 11.8. The smallest absolute Gasteiger partial charge is 0.230 e. The number of rotatable bonds is 7. The molecule has 4 aromatic rings. The Bertz CT molecular complexity index is 1490. The minimum atomic E-state index is -0.256. The highest BCUT2D eigenvalue weighted by Crippen LogP contribution is 2.46. The molecule has 1 unspecified atom stereocenters. The Morgan fingerprint density at radius 1 is 1.05 bits per heavy atom. The number of nitrogens with zero attached hydrogens (tertiary/aromatic N) is 3. The second-order valence-corrected chi connectivity index (χ2v) is 10.5. The first-order chi connectivity index (χ1) is 18.5. The molecule has 38 heavy (non-hydrogen) atoms. The number of pyridine rings is 1. The van der Waals surface area contributed by atoms with E-state index in [4.69, 9.17) is 9.72 Å². The van der Waals surface area contributed by atoms with Crippen LogP contribution in [-0.2, 0) is 4.79 Å². The van der Waals surface area contributed by atoms with Gasteiger partial charge in [-0.2, -0.15) is 0 Å². The number of nitrogens with one attached hydrogen (secondary N) is 3. The standard InChI is InChI=1S/C30H32N6O2/c1-19-10-11-21-22(7-3-9-24(21)35-28(37)30(2)13-14-30)26(19)38-27-23(8-5-16-32-27)25-12-17-33-29(36-25)34-20-6-4-15-31-18-20/h3,5,7-12,16-17,20,31H,4,6,13-15,18H2,1-2H3,(H,35,37)(H,33,34,36). The molecule has 1 saturated heterocycles. The molecular formula is C30H32N6O2. The van der Waals surface area contributed by atoms with Gasteiger partial charge in [0.2, 0.25) is 17.7 Å². The lowest BCUT2D eigenvalue weighted by Gasteiger charge is -2.23. The number of carbonyl (C=O) groups excluding carboxylic acids is 1. The number of ether oxygens (including phenoxy) is 1. The predicted molar refractivity (Wildman–Crippen MR) is 150 cm³/mol. The monoisotopic (exact) mass is 508 g/mol. The Morgan fingerprint density at radius 2 is 1.95 bits per heavy atom. The summed E-state index contributed by atoms with van der Waals surface area (Å²) in [6, 6.07) is 16.0. The SMILES string of the molecule is Cc1ccc2c(NC(=O)C3(C)CC3)cccc2c1Oc1ncccc1-c1ccnc(NC2CCCNC2)n1. The summed E-state index contributed by atoms with van der Waals surface area (Å²) in [7, 11) is 0. The van der Waals surface area contributed by atoms with E-state index in [1.807, 2.05) is 62.4 Å². The number of hydrogen-bond donors (Lipinski definition) is 3. The molecule has 3 N–H and O–H groups in total. The van der Waals surface area contributed by atoms with Crippen LogP contribution in [0.3, 0.4) is 0 Å². The van der Waals surface area contributed by atoms with Crippen LogP contribution in [-0.4, -0.2) is 40.0 Å². The maximum Gasteiger partial charge on any atom is 0.230 e. The van der Waals surface area contributed by atoms with Crippen LogP contribution in [0.4, 0.5) is 11.6 Å². The van der Waals surface area contributed by atoms with Gasteiger partial charge in [-0.05, 0) is 69.0 Å². The van der Waals surface area contributed by atoms with Crippen LogP contribution in [0.25, 0.3) is 22.0 Å². The lowest BCUT2D eigenvalue weighted by molar-refractivity contribution is -0.120. The first-order valence-electron chi connectivity index (χ1n) is 13.3. The average molecular weight is 509 g/mol. The van der Waals surface area contributed by atoms with Crippen LogP contribution < -0.4 is 20.7 Å². The molecule has 1 atom stereocenters. The third-order valence-corrected chi connectivity index (χ3v) is 7.54. The summed E-state index contributed by atoms with van der Waals surface area (Å²) in [4.78, 5) is 26.6. The molecular weight excluding hydrogens is 476 g/mol. The highest BCUT2D eigenvalue weighted by Gasteiger charge is 2.44. The fraction of sp³-hybridized carbons (Fsp3) is 0.333. The van der Waals surface area contributed by atoms with Gasteiger partial charge in [0.1, 0.15) is 5.75 Å². The van der Waals surface area contributed by atoms with Crippen molar-refractivity contribution in [3.63, 3.8) is 0 Å². The lowest BCUT2D eigenvalue weighted by Crippen LogP contribution is -2.38. The van der Waals surface area contributed by atoms with E-state index in [0.717, 1.165) is 72.1 Å². The van der Waals surface area contributed by atoms with Crippen LogP contribution in [0.1, 0.15) is 38.2 Å². The number of benzene rings is 2. The van der Waals surface area contributed by atoms with Crippen LogP contribution in [0.5, 0.6) is 11.6 Å². The van der Waals surface area contributed by atoms with Gasteiger partial charge in [-0.15, -0.1) is 0 Å². The summed E-state index contributed by atoms with van der Waals surface area (Å²) >= 11 is 0. The van der Waals surface area contributed by atoms with E-state index in [9.17, 15) is 4.79 Å². The van der Waals surface area contributed by atoms with Crippen molar-refractivity contribution in [3.8, 4) is 22.9 Å². The number of aryl methyl sites for hydroxylation is 1. The van der Waals surface area contributed by atoms with Gasteiger partial charge in [-0.25, -0.2) is 15.0 Å². The van der Waals surface area contributed by atoms with Crippen LogP contribution >= 0.6 is 0 Å². The number of piperidine rings is 1. The lowest BCUT2D eigenvalue weighted by atomic mass is 10.0. The average Bonchev–Trinajstić information content (AvgIpc) is 3.70. The van der Waals surface area contributed by atoms with Gasteiger partial charge in [-0.1, -0.05) is 31.2 Å². The van der Waals surface area contributed by atoms with Gasteiger partial charge in [0.15, 0.2) is 0 Å². The number of amides is 1. The number of fused-ring (bicyclic) bond motifs is 1. The van der Waals surface area contributed by atoms with E-state index in [-0.39, 0.29) is 11.3 Å². The molecule has 3 heterocycles. The molecule has 194 valence electrons. The van der Waals surface area contributed by atoms with Crippen molar-refractivity contribution in [1.82, 2.24) is 20.3 Å². The van der Waals surface area contributed by atoms with Crippen molar-refractivity contribution in [2.24, 2.45) is 5.41 Å². The Hall–Kier alpha value is -4.04. The van der Waals surface area contributed by atoms with Gasteiger partial charge in [-0.3, -0.25) is 4.79 Å². The summed E-state index contributed by atoms with van der Waals surface area (Å²) in [5.74, 6) is 1.83. The van der Waals surface area contributed by atoms with E-state index in [0.29, 0.717) is 23.6 Å². The summed E-state index contributed by atoms with van der Waals surface area (Å²) in [6.45, 7) is 5.97. The van der Waals surface area contributed by atoms with Crippen molar-refractivity contribution in [3.05, 3.63) is 66.5 Å². The van der Waals surface area contributed by atoms with Crippen molar-refractivity contribution >= 4 is 28.3 Å². The van der Waals surface area contributed by atoms with E-state index < -0.39 is 0 Å². The van der Waals surface area contributed by atoms with Gasteiger partial charge < -0.3 is 20.7 Å². The highest BCUT2D eigenvalue weighted by molar-refractivity contribution is 6.06. The van der Waals surface area contributed by atoms with Crippen molar-refractivity contribution in [1.29, 1.82) is 0 Å². The van der Waals surface area contributed by atoms with Crippen molar-refractivity contribution in [2.45, 2.75) is 45.6 Å². The molecule has 8 heteroatoms. The molecule has 0 spiro atoms. The molecule has 0 bridgehead atoms. The number of anilines is 2. The Labute approximate surface area is 222 Å². The van der Waals surface area contributed by atoms with Crippen LogP contribution in [0.2, 0.25) is 0 Å². The molecule has 0 radical (unpaired) electrons. The third-order valence-electron chi connectivity index (χ3n) is 7.54. The number of carbonyl (C=O) groups is 1. The topological polar surface area (TPSA) is 101 Å². The molecule has 1 amide bonds. The van der Waals surface area contributed by atoms with Crippen LogP contribution in [0.15, 0.2) is 60.9 Å². The zero-order valence-electron chi connectivity index (χ0n) is 21.8. The molecule has 2 aromatic carbocycles. The van der Waals surface area contributed by atoms with Gasteiger partial charge in [0.05, 0.1) is 11.3 Å².